The summed E-state index contributed by atoms with van der Waals surface area (Å²) in [5.74, 6) is -0.373. The summed E-state index contributed by atoms with van der Waals surface area (Å²) in [5.41, 5.74) is 0.649. The van der Waals surface area contributed by atoms with Crippen LogP contribution in [0, 0.1) is 0 Å². The smallest absolute Gasteiger partial charge is 0.250 e. The van der Waals surface area contributed by atoms with E-state index in [0.29, 0.717) is 21.7 Å². The Morgan fingerprint density at radius 2 is 2.17 bits per heavy atom. The first-order valence-corrected chi connectivity index (χ1v) is 8.31. The van der Waals surface area contributed by atoms with E-state index < -0.39 is 0 Å². The zero-order valence-electron chi connectivity index (χ0n) is 13.0. The minimum Gasteiger partial charge on any atom is -0.463 e. The number of aromatic nitrogens is 2. The highest BCUT2D eigenvalue weighted by molar-refractivity contribution is 7.15. The molecule has 122 valence electrons. The number of hydrogen-bond donors (Lipinski definition) is 1. The molecule has 0 aliphatic carbocycles. The Bertz CT molecular complexity index is 959. The van der Waals surface area contributed by atoms with E-state index in [1.807, 2.05) is 0 Å². The third kappa shape index (κ3) is 3.57. The molecule has 2 heterocycles. The number of hydrogen-bond acceptors (Lipinski definition) is 6. The number of carbonyl (C=O) groups is 1. The van der Waals surface area contributed by atoms with Crippen LogP contribution in [0.3, 0.4) is 0 Å². The molecule has 7 heteroatoms. The summed E-state index contributed by atoms with van der Waals surface area (Å²) in [6, 6.07) is 6.97. The average molecular weight is 341 g/mol. The van der Waals surface area contributed by atoms with Crippen molar-refractivity contribution in [2.75, 3.05) is 5.32 Å². The lowest BCUT2D eigenvalue weighted by molar-refractivity contribution is -0.111. The fourth-order valence-corrected chi connectivity index (χ4v) is 2.98. The highest BCUT2D eigenvalue weighted by atomic mass is 32.1. The van der Waals surface area contributed by atoms with Crippen LogP contribution in [0.1, 0.15) is 23.9 Å². The van der Waals surface area contributed by atoms with Gasteiger partial charge in [0, 0.05) is 12.5 Å². The third-order valence-corrected chi connectivity index (χ3v) is 4.18. The van der Waals surface area contributed by atoms with Crippen LogP contribution >= 0.6 is 11.3 Å². The highest BCUT2D eigenvalue weighted by Crippen LogP contribution is 2.16. The van der Waals surface area contributed by atoms with Gasteiger partial charge >= 0.3 is 0 Å². The zero-order valence-corrected chi connectivity index (χ0v) is 13.8. The molecule has 0 saturated heterocycles. The molecule has 0 radical (unpaired) electrons. The molecule has 0 spiro atoms. The molecule has 0 unspecified atom stereocenters. The number of para-hydroxylation sites is 1. The van der Waals surface area contributed by atoms with Crippen LogP contribution in [0.2, 0.25) is 0 Å². The number of rotatable bonds is 5. The molecule has 0 aliphatic heterocycles. The topological polar surface area (TPSA) is 85.1 Å². The van der Waals surface area contributed by atoms with E-state index >= 15 is 0 Å². The van der Waals surface area contributed by atoms with E-state index in [0.717, 1.165) is 17.8 Å². The molecule has 3 rings (SSSR count). The van der Waals surface area contributed by atoms with Crippen molar-refractivity contribution in [1.82, 2.24) is 10.2 Å². The second-order valence-electron chi connectivity index (χ2n) is 5.09. The molecule has 3 aromatic rings. The van der Waals surface area contributed by atoms with Gasteiger partial charge in [0.1, 0.15) is 16.9 Å². The van der Waals surface area contributed by atoms with Gasteiger partial charge in [0.15, 0.2) is 5.43 Å². The first-order valence-electron chi connectivity index (χ1n) is 7.49. The van der Waals surface area contributed by atoms with Gasteiger partial charge in [-0.1, -0.05) is 30.4 Å². The van der Waals surface area contributed by atoms with Crippen LogP contribution in [0.5, 0.6) is 0 Å². The fraction of sp³-hybridized carbons (Fsp3) is 0.176. The molecule has 1 N–H and O–H groups in total. The number of benzene rings is 1. The Morgan fingerprint density at radius 3 is 3.00 bits per heavy atom. The Labute approximate surface area is 141 Å². The largest absolute Gasteiger partial charge is 0.463 e. The van der Waals surface area contributed by atoms with Gasteiger partial charge in [0.2, 0.25) is 11.0 Å². The molecule has 1 aromatic carbocycles. The van der Waals surface area contributed by atoms with Gasteiger partial charge in [0.25, 0.3) is 0 Å². The van der Waals surface area contributed by atoms with Crippen LogP contribution < -0.4 is 10.7 Å². The number of carbonyl (C=O) groups excluding carboxylic acids is 1. The molecular weight excluding hydrogens is 326 g/mol. The van der Waals surface area contributed by atoms with Gasteiger partial charge in [-0.15, -0.1) is 10.2 Å². The maximum atomic E-state index is 12.3. The van der Waals surface area contributed by atoms with Crippen LogP contribution in [0.4, 0.5) is 5.13 Å². The number of fused-ring (bicyclic) bond motifs is 1. The number of amides is 1. The Kier molecular flexibility index (Phi) is 4.81. The summed E-state index contributed by atoms with van der Waals surface area (Å²) in [6.07, 6.45) is 5.87. The SMILES string of the molecule is CCCc1nnc(NC(=O)/C=C/c2coc3ccccc3c2=O)s1. The van der Waals surface area contributed by atoms with Gasteiger partial charge in [0.05, 0.1) is 10.9 Å². The summed E-state index contributed by atoms with van der Waals surface area (Å²) in [6.45, 7) is 2.05. The van der Waals surface area contributed by atoms with Crippen molar-refractivity contribution in [2.45, 2.75) is 19.8 Å². The van der Waals surface area contributed by atoms with E-state index in [2.05, 4.69) is 22.4 Å². The van der Waals surface area contributed by atoms with E-state index in [-0.39, 0.29) is 11.3 Å². The second kappa shape index (κ2) is 7.18. The van der Waals surface area contributed by atoms with Crippen molar-refractivity contribution in [1.29, 1.82) is 0 Å². The van der Waals surface area contributed by atoms with E-state index in [4.69, 9.17) is 4.42 Å². The van der Waals surface area contributed by atoms with Gasteiger partial charge in [-0.25, -0.2) is 0 Å². The lowest BCUT2D eigenvalue weighted by atomic mass is 10.1. The van der Waals surface area contributed by atoms with Crippen molar-refractivity contribution in [3.63, 3.8) is 0 Å². The van der Waals surface area contributed by atoms with Gasteiger partial charge in [-0.2, -0.15) is 0 Å². The summed E-state index contributed by atoms with van der Waals surface area (Å²) >= 11 is 1.34. The third-order valence-electron chi connectivity index (χ3n) is 3.28. The monoisotopic (exact) mass is 341 g/mol. The molecular formula is C17H15N3O3S. The molecule has 6 nitrogen and oxygen atoms in total. The van der Waals surface area contributed by atoms with Crippen LogP contribution in [-0.2, 0) is 11.2 Å². The van der Waals surface area contributed by atoms with Gasteiger partial charge < -0.3 is 4.42 Å². The number of nitrogens with zero attached hydrogens (tertiary/aromatic N) is 2. The Balaban J connectivity index is 1.74. The quantitative estimate of drug-likeness (QED) is 0.720. The predicted octanol–water partition coefficient (Wildman–Crippen LogP) is 3.25. The van der Waals surface area contributed by atoms with Crippen molar-refractivity contribution in [3.05, 3.63) is 57.4 Å². The van der Waals surface area contributed by atoms with Crippen LogP contribution in [0.15, 0.2) is 45.8 Å². The van der Waals surface area contributed by atoms with Crippen molar-refractivity contribution < 1.29 is 9.21 Å². The summed E-state index contributed by atoms with van der Waals surface area (Å²) < 4.78 is 5.40. The summed E-state index contributed by atoms with van der Waals surface area (Å²) in [5, 5.41) is 12.3. The minimum atomic E-state index is -0.373. The van der Waals surface area contributed by atoms with Crippen LogP contribution in [-0.4, -0.2) is 16.1 Å². The maximum absolute atomic E-state index is 12.3. The van der Waals surface area contributed by atoms with Gasteiger partial charge in [-0.3, -0.25) is 14.9 Å². The second-order valence-corrected chi connectivity index (χ2v) is 6.15. The summed E-state index contributed by atoms with van der Waals surface area (Å²) in [4.78, 5) is 24.2. The van der Waals surface area contributed by atoms with Crippen LogP contribution in [0.25, 0.3) is 17.0 Å². The summed E-state index contributed by atoms with van der Waals surface area (Å²) in [7, 11) is 0. The first kappa shape index (κ1) is 16.1. The molecule has 0 aliphatic rings. The van der Waals surface area contributed by atoms with Crippen molar-refractivity contribution in [2.24, 2.45) is 0 Å². The molecule has 2 aromatic heterocycles. The standard InChI is InChI=1S/C17H15N3O3S/c1-2-5-15-19-20-17(24-15)18-14(21)9-8-11-10-23-13-7-4-3-6-12(13)16(11)22/h3-4,6-10H,2,5H2,1H3,(H,18,20,21)/b9-8+. The van der Waals surface area contributed by atoms with Crippen molar-refractivity contribution in [3.8, 4) is 0 Å². The normalized spacial score (nSPS) is 11.2. The molecule has 24 heavy (non-hydrogen) atoms. The predicted molar refractivity (Wildman–Crippen MR) is 94.1 cm³/mol. The number of aryl methyl sites for hydroxylation is 1. The van der Waals surface area contributed by atoms with Gasteiger partial charge in [-0.05, 0) is 24.6 Å². The van der Waals surface area contributed by atoms with E-state index in [1.165, 1.54) is 29.8 Å². The Morgan fingerprint density at radius 1 is 1.33 bits per heavy atom. The lowest BCUT2D eigenvalue weighted by Gasteiger charge is -1.98. The molecule has 0 saturated carbocycles. The zero-order chi connectivity index (χ0) is 16.9. The highest BCUT2D eigenvalue weighted by Gasteiger charge is 2.07. The van der Waals surface area contributed by atoms with Crippen molar-refractivity contribution >= 4 is 39.4 Å². The molecule has 1 amide bonds. The number of nitrogens with one attached hydrogen (secondary N) is 1. The van der Waals surface area contributed by atoms with E-state index in [9.17, 15) is 9.59 Å². The number of anilines is 1. The maximum Gasteiger partial charge on any atom is 0.250 e. The molecule has 0 fully saturated rings. The minimum absolute atomic E-state index is 0.179. The van der Waals surface area contributed by atoms with E-state index in [1.54, 1.807) is 24.3 Å². The average Bonchev–Trinajstić information content (AvgIpc) is 3.02. The molecule has 0 bridgehead atoms. The lowest BCUT2D eigenvalue weighted by Crippen LogP contribution is -2.09. The Hall–Kier alpha value is -2.80. The fourth-order valence-electron chi connectivity index (χ4n) is 2.14. The molecule has 0 atom stereocenters. The first-order chi connectivity index (χ1) is 11.7.